The number of fused-ring (bicyclic) bond motifs is 1. The summed E-state index contributed by atoms with van der Waals surface area (Å²) in [5, 5.41) is 23.1. The molecule has 0 spiro atoms. The predicted octanol–water partition coefficient (Wildman–Crippen LogP) is 3.39. The number of carboxylic acid groups (broad SMARTS) is 1. The van der Waals surface area contributed by atoms with Gasteiger partial charge in [-0.1, -0.05) is 35.9 Å². The molecule has 0 saturated carbocycles. The van der Waals surface area contributed by atoms with E-state index in [2.05, 4.69) is 0 Å². The fraction of sp³-hybridized carbons (Fsp3) is 0.148. The van der Waals surface area contributed by atoms with Gasteiger partial charge in [0.1, 0.15) is 6.04 Å². The number of hydrogen-bond donors (Lipinski definition) is 1. The van der Waals surface area contributed by atoms with E-state index in [9.17, 15) is 28.3 Å². The van der Waals surface area contributed by atoms with Crippen LogP contribution < -0.4 is 4.73 Å². The minimum atomic E-state index is -4.01. The van der Waals surface area contributed by atoms with Crippen molar-refractivity contribution in [3.63, 3.8) is 0 Å². The average Bonchev–Trinajstić information content (AvgIpc) is 2.92. The lowest BCUT2D eigenvalue weighted by atomic mass is 10.0. The number of piperazine rings is 1. The topological polar surface area (TPSA) is 122 Å². The van der Waals surface area contributed by atoms with Gasteiger partial charge in [0.25, 0.3) is 5.91 Å². The van der Waals surface area contributed by atoms with Gasteiger partial charge in [0, 0.05) is 42.4 Å². The highest BCUT2D eigenvalue weighted by molar-refractivity contribution is 7.89. The smallest absolute Gasteiger partial charge is 0.327 e. The molecule has 4 aromatic rings. The number of carbonyl (C=O) groups excluding carboxylic acids is 1. The normalized spacial score (nSPS) is 16.4. The number of carbonyl (C=O) groups is 2. The Bertz CT molecular complexity index is 1640. The zero-order valence-corrected chi connectivity index (χ0v) is 21.5. The summed E-state index contributed by atoms with van der Waals surface area (Å²) in [7, 11) is -4.01. The molecule has 1 saturated heterocycles. The SMILES string of the molecule is O=C(O)C1CN(S(=O)(=O)c2ccc3cc(Cl)ccc3c2)CCN1C(=O)c1ccc(-c2cc[n+]([O-])cc2)cc1. The molecule has 5 rings (SSSR count). The number of nitrogens with zero attached hydrogens (tertiary/aromatic N) is 3. The molecular weight excluding hydrogens is 530 g/mol. The second-order valence-corrected chi connectivity index (χ2v) is 11.3. The molecule has 1 aliphatic heterocycles. The van der Waals surface area contributed by atoms with Gasteiger partial charge >= 0.3 is 5.97 Å². The highest BCUT2D eigenvalue weighted by atomic mass is 35.5. The number of sulfonamides is 1. The molecule has 2 heterocycles. The van der Waals surface area contributed by atoms with Gasteiger partial charge in [-0.05, 0) is 58.3 Å². The fourth-order valence-corrected chi connectivity index (χ4v) is 6.17. The highest BCUT2D eigenvalue weighted by Gasteiger charge is 2.40. The second-order valence-electron chi connectivity index (χ2n) is 8.89. The summed E-state index contributed by atoms with van der Waals surface area (Å²) in [5.74, 6) is -1.80. The maximum Gasteiger partial charge on any atom is 0.327 e. The lowest BCUT2D eigenvalue weighted by molar-refractivity contribution is -0.605. The Morgan fingerprint density at radius 1 is 0.895 bits per heavy atom. The predicted molar refractivity (Wildman–Crippen MR) is 141 cm³/mol. The molecule has 1 fully saturated rings. The molecule has 0 aliphatic carbocycles. The molecule has 1 atom stereocenters. The molecule has 1 aromatic heterocycles. The molecule has 1 unspecified atom stereocenters. The van der Waals surface area contributed by atoms with Gasteiger partial charge < -0.3 is 15.2 Å². The van der Waals surface area contributed by atoms with Gasteiger partial charge in [0.05, 0.1) is 4.90 Å². The molecular formula is C27H22ClN3O6S. The molecule has 194 valence electrons. The number of benzene rings is 3. The lowest BCUT2D eigenvalue weighted by Gasteiger charge is -2.38. The summed E-state index contributed by atoms with van der Waals surface area (Å²) in [6.07, 6.45) is 2.74. The van der Waals surface area contributed by atoms with Crippen molar-refractivity contribution in [2.24, 2.45) is 0 Å². The Hall–Kier alpha value is -3.99. The minimum absolute atomic E-state index is 0.0373. The van der Waals surface area contributed by atoms with E-state index in [0.717, 1.165) is 20.8 Å². The molecule has 0 radical (unpaired) electrons. The Labute approximate surface area is 223 Å². The number of halogens is 1. The van der Waals surface area contributed by atoms with Crippen LogP contribution in [0.1, 0.15) is 10.4 Å². The molecule has 1 amide bonds. The summed E-state index contributed by atoms with van der Waals surface area (Å²) < 4.78 is 28.6. The molecule has 3 aromatic carbocycles. The van der Waals surface area contributed by atoms with E-state index in [1.807, 2.05) is 0 Å². The first kappa shape index (κ1) is 25.7. The number of carboxylic acids is 1. The molecule has 1 aliphatic rings. The van der Waals surface area contributed by atoms with Crippen LogP contribution in [0.2, 0.25) is 5.02 Å². The zero-order valence-electron chi connectivity index (χ0n) is 19.9. The molecule has 1 N–H and O–H groups in total. The van der Waals surface area contributed by atoms with Crippen LogP contribution in [0.4, 0.5) is 0 Å². The number of aromatic nitrogens is 1. The second kappa shape index (κ2) is 10.1. The van der Waals surface area contributed by atoms with Gasteiger partial charge in [-0.2, -0.15) is 9.04 Å². The van der Waals surface area contributed by atoms with E-state index in [4.69, 9.17) is 11.6 Å². The van der Waals surface area contributed by atoms with Gasteiger partial charge in [0.2, 0.25) is 10.0 Å². The Balaban J connectivity index is 1.36. The number of aliphatic carboxylic acids is 1. The van der Waals surface area contributed by atoms with Crippen LogP contribution in [0.3, 0.4) is 0 Å². The third-order valence-corrected chi connectivity index (χ3v) is 8.66. The van der Waals surface area contributed by atoms with Crippen molar-refractivity contribution in [3.05, 3.63) is 101 Å². The third-order valence-electron chi connectivity index (χ3n) is 6.57. The molecule has 0 bridgehead atoms. The summed E-state index contributed by atoms with van der Waals surface area (Å²) in [6, 6.07) is 18.3. The van der Waals surface area contributed by atoms with E-state index in [1.54, 1.807) is 60.7 Å². The average molecular weight is 552 g/mol. The van der Waals surface area contributed by atoms with Crippen molar-refractivity contribution in [2.45, 2.75) is 10.9 Å². The van der Waals surface area contributed by atoms with E-state index < -0.39 is 27.9 Å². The maximum absolute atomic E-state index is 13.4. The summed E-state index contributed by atoms with van der Waals surface area (Å²) >= 11 is 6.01. The zero-order chi connectivity index (χ0) is 27.0. The largest absolute Gasteiger partial charge is 0.619 e. The molecule has 9 nitrogen and oxygen atoms in total. The van der Waals surface area contributed by atoms with Gasteiger partial charge in [-0.15, -0.1) is 0 Å². The number of amides is 1. The Morgan fingerprint density at radius 3 is 2.21 bits per heavy atom. The standard InChI is InChI=1S/C27H22ClN3O6S/c28-23-7-5-22-16-24(8-6-21(22)15-23)38(36,37)30-13-14-31(25(17-30)27(33)34)26(32)20-3-1-18(2-4-20)19-9-11-29(35)12-10-19/h1-12,15-16,25H,13-14,17H2,(H,33,34). The van der Waals surface area contributed by atoms with Crippen LogP contribution >= 0.6 is 11.6 Å². The Kier molecular flexibility index (Phi) is 6.78. The first-order chi connectivity index (χ1) is 18.1. The third kappa shape index (κ3) is 4.93. The number of rotatable bonds is 5. The van der Waals surface area contributed by atoms with Crippen molar-refractivity contribution < 1.29 is 27.8 Å². The monoisotopic (exact) mass is 551 g/mol. The van der Waals surface area contributed by atoms with Crippen molar-refractivity contribution in [1.82, 2.24) is 9.21 Å². The highest BCUT2D eigenvalue weighted by Crippen LogP contribution is 2.27. The quantitative estimate of drug-likeness (QED) is 0.300. The first-order valence-corrected chi connectivity index (χ1v) is 13.5. The Morgan fingerprint density at radius 2 is 1.53 bits per heavy atom. The lowest BCUT2D eigenvalue weighted by Crippen LogP contribution is -2.59. The van der Waals surface area contributed by atoms with Crippen LogP contribution in [0.15, 0.2) is 90.1 Å². The van der Waals surface area contributed by atoms with Crippen molar-refractivity contribution >= 4 is 44.3 Å². The van der Waals surface area contributed by atoms with Crippen LogP contribution in [-0.2, 0) is 14.8 Å². The van der Waals surface area contributed by atoms with Crippen molar-refractivity contribution in [1.29, 1.82) is 0 Å². The summed E-state index contributed by atoms with van der Waals surface area (Å²) in [6.45, 7) is -0.505. The van der Waals surface area contributed by atoms with Crippen LogP contribution in [0.25, 0.3) is 21.9 Å². The first-order valence-electron chi connectivity index (χ1n) is 11.7. The number of hydrogen-bond acceptors (Lipinski definition) is 5. The van der Waals surface area contributed by atoms with E-state index in [1.165, 1.54) is 29.4 Å². The van der Waals surface area contributed by atoms with Crippen LogP contribution in [-0.4, -0.2) is 60.3 Å². The minimum Gasteiger partial charge on any atom is -0.619 e. The van der Waals surface area contributed by atoms with Crippen molar-refractivity contribution in [3.8, 4) is 11.1 Å². The molecule has 11 heteroatoms. The van der Waals surface area contributed by atoms with Crippen LogP contribution in [0, 0.1) is 5.21 Å². The molecule has 38 heavy (non-hydrogen) atoms. The van der Waals surface area contributed by atoms with E-state index in [0.29, 0.717) is 15.1 Å². The number of pyridine rings is 1. The van der Waals surface area contributed by atoms with Gasteiger partial charge in [-0.25, -0.2) is 13.2 Å². The van der Waals surface area contributed by atoms with Gasteiger partial charge in [0.15, 0.2) is 12.4 Å². The van der Waals surface area contributed by atoms with E-state index in [-0.39, 0.29) is 30.1 Å². The van der Waals surface area contributed by atoms with Crippen LogP contribution in [0.5, 0.6) is 0 Å². The van der Waals surface area contributed by atoms with E-state index >= 15 is 0 Å². The maximum atomic E-state index is 13.4. The summed E-state index contributed by atoms with van der Waals surface area (Å²) in [5.41, 5.74) is 1.85. The van der Waals surface area contributed by atoms with Crippen molar-refractivity contribution in [2.75, 3.05) is 19.6 Å². The fourth-order valence-electron chi connectivity index (χ4n) is 4.51. The van der Waals surface area contributed by atoms with Gasteiger partial charge in [-0.3, -0.25) is 4.79 Å². The summed E-state index contributed by atoms with van der Waals surface area (Å²) in [4.78, 5) is 26.6.